The summed E-state index contributed by atoms with van der Waals surface area (Å²) in [4.78, 5) is 3.34. The van der Waals surface area contributed by atoms with Crippen LogP contribution in [0.2, 0.25) is 0 Å². The van der Waals surface area contributed by atoms with Gasteiger partial charge in [-0.1, -0.05) is 30.4 Å². The number of H-pyrrole nitrogens is 1. The van der Waals surface area contributed by atoms with E-state index in [9.17, 15) is 0 Å². The maximum Gasteiger partial charge on any atom is 0.133 e. The first-order valence-corrected chi connectivity index (χ1v) is 6.31. The van der Waals surface area contributed by atoms with Crippen LogP contribution in [0.5, 0.6) is 0 Å². The molecule has 0 amide bonds. The smallest absolute Gasteiger partial charge is 0.133 e. The summed E-state index contributed by atoms with van der Waals surface area (Å²) >= 11 is 6.63. The van der Waals surface area contributed by atoms with E-state index in [4.69, 9.17) is 12.2 Å². The minimum atomic E-state index is 0.758. The van der Waals surface area contributed by atoms with Crippen LogP contribution in [-0.2, 0) is 6.54 Å². The average molecular weight is 236 g/mol. The van der Waals surface area contributed by atoms with Crippen LogP contribution < -0.4 is 5.32 Å². The third-order valence-electron chi connectivity index (χ3n) is 2.19. The van der Waals surface area contributed by atoms with Crippen molar-refractivity contribution in [2.75, 3.05) is 6.26 Å². The minimum Gasteiger partial charge on any atom is -0.365 e. The molecule has 0 radical (unpaired) electrons. The normalized spacial score (nSPS) is 10.5. The summed E-state index contributed by atoms with van der Waals surface area (Å²) in [6.07, 6.45) is 1.97. The number of aromatic amines is 1. The van der Waals surface area contributed by atoms with Gasteiger partial charge >= 0.3 is 0 Å². The molecule has 0 unspecified atom stereocenters. The quantitative estimate of drug-likeness (QED) is 0.785. The van der Waals surface area contributed by atoms with E-state index in [-0.39, 0.29) is 0 Å². The number of thiocarbonyl (C=S) groups is 1. The summed E-state index contributed by atoms with van der Waals surface area (Å²) in [5.74, 6) is 0. The molecule has 0 bridgehead atoms. The Morgan fingerprint density at radius 2 is 2.27 bits per heavy atom. The Morgan fingerprint density at radius 3 is 3.00 bits per heavy atom. The van der Waals surface area contributed by atoms with Gasteiger partial charge in [0.1, 0.15) is 4.32 Å². The molecule has 0 aliphatic rings. The molecule has 1 aromatic carbocycles. The minimum absolute atomic E-state index is 0.758. The van der Waals surface area contributed by atoms with Crippen LogP contribution in [0.4, 0.5) is 0 Å². The molecule has 0 aliphatic carbocycles. The molecule has 4 heteroatoms. The third kappa shape index (κ3) is 2.52. The van der Waals surface area contributed by atoms with E-state index in [1.807, 2.05) is 18.4 Å². The molecular formula is C11H12N2S2. The van der Waals surface area contributed by atoms with Gasteiger partial charge in [0.25, 0.3) is 0 Å². The van der Waals surface area contributed by atoms with Crippen LogP contribution in [0.25, 0.3) is 10.9 Å². The van der Waals surface area contributed by atoms with Gasteiger partial charge in [-0.05, 0) is 23.8 Å². The first-order valence-electron chi connectivity index (χ1n) is 4.68. The molecule has 78 valence electrons. The topological polar surface area (TPSA) is 27.8 Å². The lowest BCUT2D eigenvalue weighted by Gasteiger charge is -2.02. The lowest BCUT2D eigenvalue weighted by atomic mass is 10.2. The van der Waals surface area contributed by atoms with E-state index in [1.165, 1.54) is 10.9 Å². The monoisotopic (exact) mass is 236 g/mol. The summed E-state index contributed by atoms with van der Waals surface area (Å²) in [5, 5.41) is 4.41. The maximum atomic E-state index is 5.07. The highest BCUT2D eigenvalue weighted by molar-refractivity contribution is 8.22. The molecule has 0 saturated heterocycles. The molecule has 2 nitrogen and oxygen atoms in total. The van der Waals surface area contributed by atoms with E-state index in [0.717, 1.165) is 16.6 Å². The second kappa shape index (κ2) is 4.68. The Kier molecular flexibility index (Phi) is 3.28. The summed E-state index contributed by atoms with van der Waals surface area (Å²) < 4.78 is 0.827. The molecule has 0 atom stereocenters. The predicted octanol–water partition coefficient (Wildman–Crippen LogP) is 2.91. The Morgan fingerprint density at radius 1 is 1.47 bits per heavy atom. The average Bonchev–Trinajstić information content (AvgIpc) is 2.68. The van der Waals surface area contributed by atoms with E-state index in [2.05, 4.69) is 28.5 Å². The Labute approximate surface area is 98.4 Å². The van der Waals surface area contributed by atoms with Crippen molar-refractivity contribution >= 4 is 39.2 Å². The van der Waals surface area contributed by atoms with Crippen molar-refractivity contribution in [3.8, 4) is 0 Å². The molecule has 0 fully saturated rings. The fourth-order valence-corrected chi connectivity index (χ4v) is 1.76. The zero-order valence-corrected chi connectivity index (χ0v) is 10.0. The number of fused-ring (bicyclic) bond motifs is 1. The molecule has 1 heterocycles. The lowest BCUT2D eigenvalue weighted by molar-refractivity contribution is 0.909. The molecule has 2 aromatic rings. The van der Waals surface area contributed by atoms with E-state index in [0.29, 0.717) is 0 Å². The van der Waals surface area contributed by atoms with Gasteiger partial charge in [0.15, 0.2) is 0 Å². The number of hydrogen-bond acceptors (Lipinski definition) is 2. The molecule has 2 rings (SSSR count). The summed E-state index contributed by atoms with van der Waals surface area (Å²) in [6, 6.07) is 10.4. The zero-order chi connectivity index (χ0) is 10.7. The van der Waals surface area contributed by atoms with Crippen molar-refractivity contribution in [2.24, 2.45) is 0 Å². The van der Waals surface area contributed by atoms with Gasteiger partial charge in [-0.25, -0.2) is 0 Å². The van der Waals surface area contributed by atoms with Crippen molar-refractivity contribution in [2.45, 2.75) is 6.54 Å². The number of hydrogen-bond donors (Lipinski definition) is 2. The Balaban J connectivity index is 2.12. The second-order valence-electron chi connectivity index (χ2n) is 3.23. The fraction of sp³-hybridized carbons (Fsp3) is 0.182. The van der Waals surface area contributed by atoms with Gasteiger partial charge in [0.05, 0.1) is 6.54 Å². The summed E-state index contributed by atoms with van der Waals surface area (Å²) in [5.41, 5.74) is 2.33. The largest absolute Gasteiger partial charge is 0.365 e. The first kappa shape index (κ1) is 10.5. The van der Waals surface area contributed by atoms with Crippen molar-refractivity contribution < 1.29 is 0 Å². The van der Waals surface area contributed by atoms with Gasteiger partial charge in [-0.15, -0.1) is 11.8 Å². The van der Waals surface area contributed by atoms with Crippen molar-refractivity contribution in [1.82, 2.24) is 10.3 Å². The van der Waals surface area contributed by atoms with Crippen LogP contribution in [0.1, 0.15) is 5.69 Å². The summed E-state index contributed by atoms with van der Waals surface area (Å²) in [7, 11) is 0. The van der Waals surface area contributed by atoms with Crippen LogP contribution in [-0.4, -0.2) is 15.6 Å². The molecule has 1 aromatic heterocycles. The van der Waals surface area contributed by atoms with Crippen LogP contribution in [0.15, 0.2) is 30.3 Å². The van der Waals surface area contributed by atoms with Gasteiger partial charge in [0.2, 0.25) is 0 Å². The van der Waals surface area contributed by atoms with Crippen LogP contribution in [0.3, 0.4) is 0 Å². The summed E-state index contributed by atoms with van der Waals surface area (Å²) in [6.45, 7) is 0.758. The number of benzene rings is 1. The zero-order valence-electron chi connectivity index (χ0n) is 8.41. The molecule has 15 heavy (non-hydrogen) atoms. The molecule has 0 saturated carbocycles. The lowest BCUT2D eigenvalue weighted by Crippen LogP contribution is -2.17. The first-order chi connectivity index (χ1) is 7.29. The highest BCUT2D eigenvalue weighted by Crippen LogP contribution is 2.14. The second-order valence-corrected chi connectivity index (χ2v) is 4.71. The number of aromatic nitrogens is 1. The van der Waals surface area contributed by atoms with Gasteiger partial charge in [-0.2, -0.15) is 0 Å². The van der Waals surface area contributed by atoms with Crippen LogP contribution >= 0.6 is 24.0 Å². The molecule has 0 spiro atoms. The fourth-order valence-electron chi connectivity index (χ4n) is 1.47. The molecular weight excluding hydrogens is 224 g/mol. The van der Waals surface area contributed by atoms with Gasteiger partial charge < -0.3 is 10.3 Å². The standard InChI is InChI=1S/C11H12N2S2/c1-15-11(14)12-7-9-6-8-4-2-3-5-10(8)13-9/h2-6,13H,7H2,1H3,(H,12,14). The third-order valence-corrected chi connectivity index (χ3v) is 3.35. The van der Waals surface area contributed by atoms with Crippen LogP contribution in [0, 0.1) is 0 Å². The van der Waals surface area contributed by atoms with E-state index in [1.54, 1.807) is 11.8 Å². The Hall–Kier alpha value is -1.00. The molecule has 2 N–H and O–H groups in total. The number of thioether (sulfide) groups is 1. The number of para-hydroxylation sites is 1. The van der Waals surface area contributed by atoms with Gasteiger partial charge in [-0.3, -0.25) is 0 Å². The Bertz CT molecular complexity index is 443. The molecule has 0 aliphatic heterocycles. The number of nitrogens with one attached hydrogen (secondary N) is 2. The van der Waals surface area contributed by atoms with Gasteiger partial charge in [0, 0.05) is 11.2 Å². The van der Waals surface area contributed by atoms with Crippen molar-refractivity contribution in [3.05, 3.63) is 36.0 Å². The highest BCUT2D eigenvalue weighted by atomic mass is 32.2. The van der Waals surface area contributed by atoms with Crippen molar-refractivity contribution in [1.29, 1.82) is 0 Å². The number of rotatable bonds is 2. The predicted molar refractivity (Wildman–Crippen MR) is 71.3 cm³/mol. The SMILES string of the molecule is CSC(=S)NCc1cc2ccccc2[nH]1. The van der Waals surface area contributed by atoms with E-state index >= 15 is 0 Å². The maximum absolute atomic E-state index is 5.07. The van der Waals surface area contributed by atoms with E-state index < -0.39 is 0 Å². The highest BCUT2D eigenvalue weighted by Gasteiger charge is 1.99. The van der Waals surface area contributed by atoms with Crippen molar-refractivity contribution in [3.63, 3.8) is 0 Å².